The molecule has 2 aromatic carbocycles. The molecule has 6 heteroatoms. The van der Waals surface area contributed by atoms with E-state index in [1.807, 2.05) is 0 Å². The van der Waals surface area contributed by atoms with Crippen molar-refractivity contribution in [3.05, 3.63) is 57.3 Å². The number of rotatable bonds is 3. The number of hydrogen-bond donors (Lipinski definition) is 1. The van der Waals surface area contributed by atoms with Gasteiger partial charge in [-0.3, -0.25) is 0 Å². The lowest BCUT2D eigenvalue weighted by Gasteiger charge is -2.10. The smallest absolute Gasteiger partial charge is 0.180 e. The van der Waals surface area contributed by atoms with Gasteiger partial charge in [-0.1, -0.05) is 23.8 Å². The van der Waals surface area contributed by atoms with Crippen molar-refractivity contribution in [2.45, 2.75) is 0 Å². The zero-order chi connectivity index (χ0) is 14.0. The maximum atomic E-state index is 14.1. The highest BCUT2D eigenvalue weighted by molar-refractivity contribution is 9.10. The van der Waals surface area contributed by atoms with Gasteiger partial charge < -0.3 is 10.5 Å². The third kappa shape index (κ3) is 3.23. The predicted octanol–water partition coefficient (Wildman–Crippen LogP) is 4.67. The largest absolute Gasteiger partial charge is 0.454 e. The van der Waals surface area contributed by atoms with E-state index in [9.17, 15) is 4.39 Å². The van der Waals surface area contributed by atoms with Crippen LogP contribution < -0.4 is 10.5 Å². The molecule has 0 heterocycles. The highest BCUT2D eigenvalue weighted by Crippen LogP contribution is 2.32. The Labute approximate surface area is 128 Å². The van der Waals surface area contributed by atoms with Crippen LogP contribution in [0.15, 0.2) is 40.9 Å². The summed E-state index contributed by atoms with van der Waals surface area (Å²) in [5.74, 6) is 0.00715. The average Bonchev–Trinajstić information content (AvgIpc) is 2.37. The van der Waals surface area contributed by atoms with Crippen LogP contribution in [0.4, 0.5) is 4.39 Å². The zero-order valence-electron chi connectivity index (χ0n) is 9.49. The van der Waals surface area contributed by atoms with Crippen molar-refractivity contribution in [3.63, 3.8) is 0 Å². The van der Waals surface area contributed by atoms with Gasteiger partial charge in [-0.05, 0) is 52.3 Å². The number of benzene rings is 2. The molecule has 0 atom stereocenters. The fourth-order valence-electron chi connectivity index (χ4n) is 1.43. The molecule has 0 aliphatic carbocycles. The predicted molar refractivity (Wildman–Crippen MR) is 81.5 cm³/mol. The first-order valence-corrected chi connectivity index (χ1v) is 6.78. The van der Waals surface area contributed by atoms with Gasteiger partial charge in [-0.2, -0.15) is 0 Å². The molecule has 2 N–H and O–H groups in total. The summed E-state index contributed by atoms with van der Waals surface area (Å²) in [4.78, 5) is 0.115. The van der Waals surface area contributed by atoms with Gasteiger partial charge in [-0.25, -0.2) is 4.39 Å². The Morgan fingerprint density at radius 3 is 2.42 bits per heavy atom. The number of nitrogens with two attached hydrogens (primary N) is 1. The van der Waals surface area contributed by atoms with E-state index in [0.717, 1.165) is 0 Å². The summed E-state index contributed by atoms with van der Waals surface area (Å²) in [5, 5.41) is 0.581. The van der Waals surface area contributed by atoms with Crippen molar-refractivity contribution < 1.29 is 9.13 Å². The van der Waals surface area contributed by atoms with Crippen LogP contribution in [-0.2, 0) is 0 Å². The van der Waals surface area contributed by atoms with Crippen molar-refractivity contribution in [1.82, 2.24) is 0 Å². The van der Waals surface area contributed by atoms with Crippen LogP contribution in [0.5, 0.6) is 11.5 Å². The quantitative estimate of drug-likeness (QED) is 0.808. The fraction of sp³-hybridized carbons (Fsp3) is 0. The SMILES string of the molecule is NC(=S)c1ccc(Oc2ccc(Cl)cc2)c(F)c1Br. The second kappa shape index (κ2) is 5.86. The standard InChI is InChI=1S/C13H8BrClFNOS/c14-11-9(13(17)19)5-6-10(12(11)16)18-8-3-1-7(15)2-4-8/h1-6H,(H2,17,19). The molecule has 0 aliphatic rings. The van der Waals surface area contributed by atoms with Crippen molar-refractivity contribution in [2.24, 2.45) is 5.73 Å². The molecule has 0 saturated heterocycles. The van der Waals surface area contributed by atoms with E-state index < -0.39 is 5.82 Å². The lowest BCUT2D eigenvalue weighted by Crippen LogP contribution is -2.11. The molecule has 2 aromatic rings. The van der Waals surface area contributed by atoms with Gasteiger partial charge in [0.2, 0.25) is 0 Å². The van der Waals surface area contributed by atoms with Crippen LogP contribution in [0.1, 0.15) is 5.56 Å². The normalized spacial score (nSPS) is 10.3. The summed E-state index contributed by atoms with van der Waals surface area (Å²) >= 11 is 13.7. The van der Waals surface area contributed by atoms with Gasteiger partial charge in [0.1, 0.15) is 10.7 Å². The molecule has 0 radical (unpaired) electrons. The van der Waals surface area contributed by atoms with Gasteiger partial charge in [0, 0.05) is 10.6 Å². The minimum absolute atomic E-state index is 0.0780. The Kier molecular flexibility index (Phi) is 4.39. The van der Waals surface area contributed by atoms with E-state index in [2.05, 4.69) is 15.9 Å². The number of halogens is 3. The number of ether oxygens (including phenoxy) is 1. The Morgan fingerprint density at radius 2 is 1.84 bits per heavy atom. The van der Waals surface area contributed by atoms with E-state index in [1.165, 1.54) is 6.07 Å². The van der Waals surface area contributed by atoms with Crippen LogP contribution >= 0.6 is 39.7 Å². The maximum absolute atomic E-state index is 14.1. The average molecular weight is 361 g/mol. The van der Waals surface area contributed by atoms with E-state index >= 15 is 0 Å². The molecular formula is C13H8BrClFNOS. The third-order valence-electron chi connectivity index (χ3n) is 2.35. The van der Waals surface area contributed by atoms with Gasteiger partial charge in [0.05, 0.1) is 4.47 Å². The molecule has 0 fully saturated rings. The van der Waals surface area contributed by atoms with Gasteiger partial charge in [-0.15, -0.1) is 0 Å². The van der Waals surface area contributed by atoms with Crippen LogP contribution in [0, 0.1) is 5.82 Å². The highest BCUT2D eigenvalue weighted by atomic mass is 79.9. The summed E-state index contributed by atoms with van der Waals surface area (Å²) in [6, 6.07) is 9.69. The first kappa shape index (κ1) is 14.2. The molecule has 2 rings (SSSR count). The van der Waals surface area contributed by atoms with Gasteiger partial charge in [0.25, 0.3) is 0 Å². The molecule has 0 spiro atoms. The summed E-state index contributed by atoms with van der Waals surface area (Å²) in [5.41, 5.74) is 5.91. The van der Waals surface area contributed by atoms with E-state index in [0.29, 0.717) is 16.3 Å². The van der Waals surface area contributed by atoms with Gasteiger partial charge >= 0.3 is 0 Å². The maximum Gasteiger partial charge on any atom is 0.180 e. The summed E-state index contributed by atoms with van der Waals surface area (Å²) in [7, 11) is 0. The van der Waals surface area contributed by atoms with E-state index in [4.69, 9.17) is 34.3 Å². The molecule has 98 valence electrons. The Hall–Kier alpha value is -1.17. The molecule has 0 unspecified atom stereocenters. The summed E-state index contributed by atoms with van der Waals surface area (Å²) < 4.78 is 19.7. The topological polar surface area (TPSA) is 35.2 Å². The lowest BCUT2D eigenvalue weighted by atomic mass is 10.2. The van der Waals surface area contributed by atoms with Crippen molar-refractivity contribution in [3.8, 4) is 11.5 Å². The summed E-state index contributed by atoms with van der Waals surface area (Å²) in [6.07, 6.45) is 0. The third-order valence-corrected chi connectivity index (χ3v) is 3.60. The van der Waals surface area contributed by atoms with Crippen LogP contribution in [-0.4, -0.2) is 4.99 Å². The lowest BCUT2D eigenvalue weighted by molar-refractivity contribution is 0.440. The molecule has 0 aromatic heterocycles. The Balaban J connectivity index is 2.34. The highest BCUT2D eigenvalue weighted by Gasteiger charge is 2.14. The van der Waals surface area contributed by atoms with Crippen LogP contribution in [0.2, 0.25) is 5.02 Å². The molecule has 2 nitrogen and oxygen atoms in total. The molecular weight excluding hydrogens is 353 g/mol. The minimum Gasteiger partial charge on any atom is -0.454 e. The van der Waals surface area contributed by atoms with E-state index in [1.54, 1.807) is 30.3 Å². The summed E-state index contributed by atoms with van der Waals surface area (Å²) in [6.45, 7) is 0. The molecule has 19 heavy (non-hydrogen) atoms. The first-order valence-electron chi connectivity index (χ1n) is 5.20. The Bertz CT molecular complexity index is 633. The fourth-order valence-corrected chi connectivity index (χ4v) is 2.40. The Morgan fingerprint density at radius 1 is 1.21 bits per heavy atom. The number of thiocarbonyl (C=S) groups is 1. The van der Waals surface area contributed by atoms with Crippen LogP contribution in [0.25, 0.3) is 0 Å². The molecule has 0 aliphatic heterocycles. The minimum atomic E-state index is -0.555. The van der Waals surface area contributed by atoms with Crippen LogP contribution in [0.3, 0.4) is 0 Å². The molecule has 0 bridgehead atoms. The van der Waals surface area contributed by atoms with Crippen molar-refractivity contribution in [2.75, 3.05) is 0 Å². The van der Waals surface area contributed by atoms with E-state index in [-0.39, 0.29) is 15.2 Å². The monoisotopic (exact) mass is 359 g/mol. The number of hydrogen-bond acceptors (Lipinski definition) is 2. The van der Waals surface area contributed by atoms with Crippen molar-refractivity contribution in [1.29, 1.82) is 0 Å². The zero-order valence-corrected chi connectivity index (χ0v) is 12.7. The first-order chi connectivity index (χ1) is 8.99. The molecule has 0 amide bonds. The molecule has 0 saturated carbocycles. The van der Waals surface area contributed by atoms with Crippen molar-refractivity contribution >= 4 is 44.7 Å². The second-order valence-corrected chi connectivity index (χ2v) is 5.33. The second-order valence-electron chi connectivity index (χ2n) is 3.66. The van der Waals surface area contributed by atoms with Gasteiger partial charge in [0.15, 0.2) is 11.6 Å².